The van der Waals surface area contributed by atoms with E-state index in [-0.39, 0.29) is 18.3 Å². The van der Waals surface area contributed by atoms with Crippen LogP contribution in [0.1, 0.15) is 46.7 Å². The molecule has 0 radical (unpaired) electrons. The predicted octanol–water partition coefficient (Wildman–Crippen LogP) is 1.58. The summed E-state index contributed by atoms with van der Waals surface area (Å²) >= 11 is 0. The van der Waals surface area contributed by atoms with Crippen LogP contribution in [0.15, 0.2) is 6.07 Å². The fraction of sp³-hybridized carbons (Fsp3) is 0.500. The summed E-state index contributed by atoms with van der Waals surface area (Å²) < 4.78 is 0. The smallest absolute Gasteiger partial charge is 0.277 e. The zero-order valence-corrected chi connectivity index (χ0v) is 13.1. The SMILES string of the molecule is CC1CC1c1cc(NC(=O)c2n[nH]c3c2CNCC3)n[nH]1.Cl. The molecule has 3 heterocycles. The van der Waals surface area contributed by atoms with E-state index in [0.717, 1.165) is 29.9 Å². The first-order valence-corrected chi connectivity index (χ1v) is 7.36. The number of halogens is 1. The zero-order valence-electron chi connectivity index (χ0n) is 12.3. The molecule has 0 aromatic carbocycles. The van der Waals surface area contributed by atoms with Crippen molar-refractivity contribution >= 4 is 24.1 Å². The highest BCUT2D eigenvalue weighted by molar-refractivity contribution is 6.03. The summed E-state index contributed by atoms with van der Waals surface area (Å²) in [6.45, 7) is 3.81. The van der Waals surface area contributed by atoms with Crippen LogP contribution in [0.3, 0.4) is 0 Å². The summed E-state index contributed by atoms with van der Waals surface area (Å²) in [6.07, 6.45) is 2.07. The Hall–Kier alpha value is -1.86. The minimum atomic E-state index is -0.210. The Morgan fingerprint density at radius 3 is 2.95 bits per heavy atom. The van der Waals surface area contributed by atoms with Gasteiger partial charge in [0.05, 0.1) is 0 Å². The number of nitrogens with one attached hydrogen (secondary N) is 4. The molecule has 0 spiro atoms. The number of rotatable bonds is 3. The lowest BCUT2D eigenvalue weighted by Crippen LogP contribution is -2.25. The number of anilines is 1. The van der Waals surface area contributed by atoms with E-state index < -0.39 is 0 Å². The number of hydrogen-bond acceptors (Lipinski definition) is 4. The van der Waals surface area contributed by atoms with E-state index >= 15 is 0 Å². The van der Waals surface area contributed by atoms with Crippen molar-refractivity contribution in [2.75, 3.05) is 11.9 Å². The fourth-order valence-electron chi connectivity index (χ4n) is 2.93. The molecule has 1 aliphatic carbocycles. The van der Waals surface area contributed by atoms with Gasteiger partial charge in [0.2, 0.25) is 0 Å². The first-order valence-electron chi connectivity index (χ1n) is 7.36. The molecular formula is C14H19ClN6O. The number of H-pyrrole nitrogens is 2. The van der Waals surface area contributed by atoms with Gasteiger partial charge in [0.15, 0.2) is 11.5 Å². The van der Waals surface area contributed by atoms with Crippen LogP contribution in [0, 0.1) is 5.92 Å². The van der Waals surface area contributed by atoms with Crippen LogP contribution in [0.5, 0.6) is 0 Å². The van der Waals surface area contributed by atoms with Crippen LogP contribution in [0.2, 0.25) is 0 Å². The maximum absolute atomic E-state index is 12.3. The van der Waals surface area contributed by atoms with Crippen molar-refractivity contribution in [1.82, 2.24) is 25.7 Å². The highest BCUT2D eigenvalue weighted by Crippen LogP contribution is 2.46. The zero-order chi connectivity index (χ0) is 14.4. The Labute approximate surface area is 134 Å². The van der Waals surface area contributed by atoms with Gasteiger partial charge in [0.1, 0.15) is 0 Å². The number of carbonyl (C=O) groups excluding carboxylic acids is 1. The summed E-state index contributed by atoms with van der Waals surface area (Å²) in [5.74, 6) is 1.62. The van der Waals surface area contributed by atoms with Crippen molar-refractivity contribution in [3.05, 3.63) is 28.7 Å². The first kappa shape index (κ1) is 15.1. The lowest BCUT2D eigenvalue weighted by atomic mass is 10.1. The van der Waals surface area contributed by atoms with Gasteiger partial charge in [-0.1, -0.05) is 6.92 Å². The van der Waals surface area contributed by atoms with Gasteiger partial charge in [-0.05, 0) is 12.3 Å². The van der Waals surface area contributed by atoms with Crippen LogP contribution in [-0.4, -0.2) is 32.8 Å². The molecule has 22 heavy (non-hydrogen) atoms. The normalized spacial score (nSPS) is 22.6. The van der Waals surface area contributed by atoms with Crippen LogP contribution < -0.4 is 10.6 Å². The van der Waals surface area contributed by atoms with E-state index in [1.807, 2.05) is 6.07 Å². The van der Waals surface area contributed by atoms with Gasteiger partial charge in [-0.15, -0.1) is 12.4 Å². The van der Waals surface area contributed by atoms with Gasteiger partial charge in [-0.2, -0.15) is 10.2 Å². The van der Waals surface area contributed by atoms with Crippen molar-refractivity contribution < 1.29 is 4.79 Å². The molecule has 8 heteroatoms. The van der Waals surface area contributed by atoms with Gasteiger partial charge in [-0.3, -0.25) is 15.0 Å². The number of fused-ring (bicyclic) bond motifs is 1. The van der Waals surface area contributed by atoms with Crippen molar-refractivity contribution in [3.8, 4) is 0 Å². The number of aromatic nitrogens is 4. The highest BCUT2D eigenvalue weighted by atomic mass is 35.5. The molecule has 0 saturated heterocycles. The quantitative estimate of drug-likeness (QED) is 0.689. The molecule has 1 aliphatic heterocycles. The van der Waals surface area contributed by atoms with Crippen LogP contribution in [0.25, 0.3) is 0 Å². The molecule has 1 fully saturated rings. The molecule has 1 saturated carbocycles. The summed E-state index contributed by atoms with van der Waals surface area (Å²) in [5, 5.41) is 20.3. The average molecular weight is 323 g/mol. The van der Waals surface area contributed by atoms with Crippen molar-refractivity contribution in [1.29, 1.82) is 0 Å². The second kappa shape index (κ2) is 5.73. The lowest BCUT2D eigenvalue weighted by molar-refractivity contribution is 0.102. The van der Waals surface area contributed by atoms with Crippen LogP contribution in [0.4, 0.5) is 5.82 Å². The van der Waals surface area contributed by atoms with E-state index in [9.17, 15) is 4.79 Å². The van der Waals surface area contributed by atoms with Gasteiger partial charge in [0.25, 0.3) is 5.91 Å². The largest absolute Gasteiger partial charge is 0.312 e. The predicted molar refractivity (Wildman–Crippen MR) is 84.3 cm³/mol. The Balaban J connectivity index is 0.00000144. The third kappa shape index (κ3) is 2.62. The molecular weight excluding hydrogens is 304 g/mol. The van der Waals surface area contributed by atoms with E-state index in [1.54, 1.807) is 0 Å². The van der Waals surface area contributed by atoms with E-state index in [2.05, 4.69) is 38.0 Å². The summed E-state index contributed by atoms with van der Waals surface area (Å²) in [6, 6.07) is 1.92. The molecule has 2 aliphatic rings. The van der Waals surface area contributed by atoms with Gasteiger partial charge >= 0.3 is 0 Å². The van der Waals surface area contributed by atoms with Gasteiger partial charge in [0, 0.05) is 48.4 Å². The number of carbonyl (C=O) groups is 1. The number of aromatic amines is 2. The Morgan fingerprint density at radius 1 is 1.36 bits per heavy atom. The highest BCUT2D eigenvalue weighted by Gasteiger charge is 2.35. The monoisotopic (exact) mass is 322 g/mol. The molecule has 4 rings (SSSR count). The fourth-order valence-corrected chi connectivity index (χ4v) is 2.93. The molecule has 2 atom stereocenters. The van der Waals surface area contributed by atoms with E-state index in [0.29, 0.717) is 29.9 Å². The van der Waals surface area contributed by atoms with Gasteiger partial charge in [-0.25, -0.2) is 0 Å². The Morgan fingerprint density at radius 2 is 2.18 bits per heavy atom. The summed E-state index contributed by atoms with van der Waals surface area (Å²) in [4.78, 5) is 12.3. The Kier molecular flexibility index (Phi) is 3.92. The van der Waals surface area contributed by atoms with Crippen LogP contribution >= 0.6 is 12.4 Å². The maximum Gasteiger partial charge on any atom is 0.277 e. The maximum atomic E-state index is 12.3. The third-order valence-electron chi connectivity index (χ3n) is 4.37. The standard InChI is InChI=1S/C14H18N6O.ClH/c1-7-4-8(7)11-5-12(19-18-11)16-14(21)13-9-6-15-3-2-10(9)17-20-13;/h5,7-8,15H,2-4,6H2,1H3,(H,17,20)(H2,16,18,19,21);1H. The van der Waals surface area contributed by atoms with E-state index in [1.165, 1.54) is 6.42 Å². The average Bonchev–Trinajstić information content (AvgIpc) is 2.92. The number of hydrogen-bond donors (Lipinski definition) is 4. The molecule has 2 unspecified atom stereocenters. The van der Waals surface area contributed by atoms with Crippen LogP contribution in [-0.2, 0) is 13.0 Å². The number of nitrogens with zero attached hydrogens (tertiary/aromatic N) is 2. The molecule has 0 bridgehead atoms. The molecule has 118 valence electrons. The third-order valence-corrected chi connectivity index (χ3v) is 4.37. The second-order valence-corrected chi connectivity index (χ2v) is 5.94. The summed E-state index contributed by atoms with van der Waals surface area (Å²) in [7, 11) is 0. The minimum Gasteiger partial charge on any atom is -0.312 e. The van der Waals surface area contributed by atoms with Crippen molar-refractivity contribution in [2.24, 2.45) is 5.92 Å². The molecule has 2 aromatic heterocycles. The molecule has 7 nitrogen and oxygen atoms in total. The van der Waals surface area contributed by atoms with Gasteiger partial charge < -0.3 is 10.6 Å². The van der Waals surface area contributed by atoms with E-state index in [4.69, 9.17) is 0 Å². The molecule has 2 aromatic rings. The second-order valence-electron chi connectivity index (χ2n) is 5.94. The topological polar surface area (TPSA) is 98.5 Å². The van der Waals surface area contributed by atoms with Crippen molar-refractivity contribution in [3.63, 3.8) is 0 Å². The Bertz CT molecular complexity index is 693. The van der Waals surface area contributed by atoms with Crippen molar-refractivity contribution in [2.45, 2.75) is 32.2 Å². The minimum absolute atomic E-state index is 0. The first-order chi connectivity index (χ1) is 10.2. The number of amides is 1. The lowest BCUT2D eigenvalue weighted by Gasteiger charge is -2.12. The molecule has 4 N–H and O–H groups in total. The molecule has 1 amide bonds. The summed E-state index contributed by atoms with van der Waals surface area (Å²) in [5.41, 5.74) is 3.57.